The molecule has 1 aliphatic heterocycles. The lowest BCUT2D eigenvalue weighted by atomic mass is 10.1. The molecular weight excluding hydrogens is 358 g/mol. The second-order valence-corrected chi connectivity index (χ2v) is 5.90. The van der Waals surface area contributed by atoms with Crippen LogP contribution in [0.1, 0.15) is 23.7 Å². The van der Waals surface area contributed by atoms with Gasteiger partial charge in [-0.1, -0.05) is 12.1 Å². The first-order valence-electron chi connectivity index (χ1n) is 8.62. The molecule has 0 bridgehead atoms. The van der Waals surface area contributed by atoms with Crippen LogP contribution >= 0.6 is 12.4 Å². The number of hydrogen-bond donors (Lipinski definition) is 1. The number of halogens is 1. The summed E-state index contributed by atoms with van der Waals surface area (Å²) in [5, 5.41) is 0. The molecule has 8 heteroatoms. The van der Waals surface area contributed by atoms with Crippen molar-refractivity contribution < 1.29 is 19.1 Å². The van der Waals surface area contributed by atoms with Crippen molar-refractivity contribution in [3.05, 3.63) is 29.8 Å². The van der Waals surface area contributed by atoms with E-state index >= 15 is 0 Å². The molecule has 1 aliphatic rings. The van der Waals surface area contributed by atoms with Gasteiger partial charge in [-0.15, -0.1) is 12.4 Å². The number of amides is 2. The van der Waals surface area contributed by atoms with Gasteiger partial charge in [0.15, 0.2) is 0 Å². The van der Waals surface area contributed by atoms with Gasteiger partial charge < -0.3 is 25.0 Å². The number of ether oxygens (including phenoxy) is 2. The molecule has 7 nitrogen and oxygen atoms in total. The number of piperazine rings is 1. The van der Waals surface area contributed by atoms with Crippen LogP contribution in [0.4, 0.5) is 0 Å². The Morgan fingerprint density at radius 1 is 1.15 bits per heavy atom. The first-order valence-corrected chi connectivity index (χ1v) is 8.62. The standard InChI is InChI=1S/C18H27N3O4.ClH/c1-3-25-16-7-5-4-6-15(16)18(23)21-10-8-20(9-11-21)17(22)12-14(13-19)24-2;/h4-7,14H,3,8-13,19H2,1-2H3;1H. The van der Waals surface area contributed by atoms with Gasteiger partial charge in [0.25, 0.3) is 5.91 Å². The highest BCUT2D eigenvalue weighted by Crippen LogP contribution is 2.21. The van der Waals surface area contributed by atoms with E-state index in [4.69, 9.17) is 15.2 Å². The van der Waals surface area contributed by atoms with E-state index in [0.717, 1.165) is 0 Å². The van der Waals surface area contributed by atoms with E-state index in [0.29, 0.717) is 50.6 Å². The molecule has 2 N–H and O–H groups in total. The molecule has 1 aromatic rings. The summed E-state index contributed by atoms with van der Waals surface area (Å²) in [6.07, 6.45) is 0.0129. The van der Waals surface area contributed by atoms with Crippen molar-refractivity contribution in [1.29, 1.82) is 0 Å². The number of rotatable bonds is 7. The summed E-state index contributed by atoms with van der Waals surface area (Å²) in [6, 6.07) is 7.25. The van der Waals surface area contributed by atoms with Crippen LogP contribution in [0.25, 0.3) is 0 Å². The fourth-order valence-electron chi connectivity index (χ4n) is 2.84. The minimum Gasteiger partial charge on any atom is -0.493 e. The highest BCUT2D eigenvalue weighted by molar-refractivity contribution is 5.97. The molecule has 1 atom stereocenters. The Balaban J connectivity index is 0.00000338. The molecule has 1 saturated heterocycles. The van der Waals surface area contributed by atoms with Gasteiger partial charge in [-0.3, -0.25) is 9.59 Å². The van der Waals surface area contributed by atoms with Crippen molar-refractivity contribution >= 4 is 24.2 Å². The third-order valence-electron chi connectivity index (χ3n) is 4.34. The highest BCUT2D eigenvalue weighted by atomic mass is 35.5. The number of nitrogens with two attached hydrogens (primary N) is 1. The Morgan fingerprint density at radius 3 is 2.35 bits per heavy atom. The molecule has 2 rings (SSSR count). The number of para-hydroxylation sites is 1. The summed E-state index contributed by atoms with van der Waals surface area (Å²) in [7, 11) is 1.55. The van der Waals surface area contributed by atoms with Gasteiger partial charge in [-0.25, -0.2) is 0 Å². The number of nitrogens with zero attached hydrogens (tertiary/aromatic N) is 2. The van der Waals surface area contributed by atoms with Crippen molar-refractivity contribution in [3.63, 3.8) is 0 Å². The van der Waals surface area contributed by atoms with E-state index in [1.807, 2.05) is 19.1 Å². The van der Waals surface area contributed by atoms with Crippen LogP contribution in [0.15, 0.2) is 24.3 Å². The zero-order valence-electron chi connectivity index (χ0n) is 15.3. The Morgan fingerprint density at radius 2 is 1.77 bits per heavy atom. The highest BCUT2D eigenvalue weighted by Gasteiger charge is 2.27. The first-order chi connectivity index (χ1) is 12.1. The fraction of sp³-hybridized carbons (Fsp3) is 0.556. The van der Waals surface area contributed by atoms with Crippen LogP contribution in [0.5, 0.6) is 5.75 Å². The molecule has 1 aromatic carbocycles. The summed E-state index contributed by atoms with van der Waals surface area (Å²) in [5.41, 5.74) is 6.13. The summed E-state index contributed by atoms with van der Waals surface area (Å²) < 4.78 is 10.7. The normalized spacial score (nSPS) is 15.2. The average Bonchev–Trinajstić information content (AvgIpc) is 2.66. The van der Waals surface area contributed by atoms with Gasteiger partial charge in [-0.05, 0) is 19.1 Å². The van der Waals surface area contributed by atoms with Gasteiger partial charge in [0.1, 0.15) is 5.75 Å². The Labute approximate surface area is 160 Å². The Kier molecular flexibility index (Phi) is 9.40. The maximum atomic E-state index is 12.7. The molecule has 0 spiro atoms. The lowest BCUT2D eigenvalue weighted by Gasteiger charge is -2.35. The number of methoxy groups -OCH3 is 1. The van der Waals surface area contributed by atoms with Crippen molar-refractivity contribution in [2.24, 2.45) is 5.73 Å². The predicted octanol–water partition coefficient (Wildman–Crippen LogP) is 1.16. The van der Waals surface area contributed by atoms with Gasteiger partial charge in [0, 0.05) is 39.8 Å². The zero-order valence-corrected chi connectivity index (χ0v) is 16.2. The minimum atomic E-state index is -0.259. The summed E-state index contributed by atoms with van der Waals surface area (Å²) in [5.74, 6) is 0.548. The topological polar surface area (TPSA) is 85.1 Å². The molecule has 146 valence electrons. The second kappa shape index (κ2) is 11.0. The van der Waals surface area contributed by atoms with Crippen molar-refractivity contribution in [2.75, 3.05) is 46.4 Å². The largest absolute Gasteiger partial charge is 0.493 e. The van der Waals surface area contributed by atoms with Crippen molar-refractivity contribution in [3.8, 4) is 5.75 Å². The molecule has 1 heterocycles. The van der Waals surface area contributed by atoms with Gasteiger partial charge >= 0.3 is 0 Å². The first kappa shape index (κ1) is 22.2. The van der Waals surface area contributed by atoms with Crippen LogP contribution in [0.2, 0.25) is 0 Å². The van der Waals surface area contributed by atoms with E-state index in [2.05, 4.69) is 0 Å². The van der Waals surface area contributed by atoms with Crippen LogP contribution < -0.4 is 10.5 Å². The fourth-order valence-corrected chi connectivity index (χ4v) is 2.84. The third-order valence-corrected chi connectivity index (χ3v) is 4.34. The molecular formula is C18H28ClN3O4. The van der Waals surface area contributed by atoms with Crippen LogP contribution in [0, 0.1) is 0 Å². The summed E-state index contributed by atoms with van der Waals surface area (Å²) >= 11 is 0. The van der Waals surface area contributed by atoms with E-state index in [1.165, 1.54) is 0 Å². The van der Waals surface area contributed by atoms with Crippen molar-refractivity contribution in [1.82, 2.24) is 9.80 Å². The van der Waals surface area contributed by atoms with E-state index in [1.54, 1.807) is 29.0 Å². The lowest BCUT2D eigenvalue weighted by molar-refractivity contribution is -0.135. The maximum absolute atomic E-state index is 12.7. The lowest BCUT2D eigenvalue weighted by Crippen LogP contribution is -2.51. The predicted molar refractivity (Wildman–Crippen MR) is 102 cm³/mol. The summed E-state index contributed by atoms with van der Waals surface area (Å²) in [6.45, 7) is 4.75. The van der Waals surface area contributed by atoms with Crippen molar-refractivity contribution in [2.45, 2.75) is 19.4 Å². The van der Waals surface area contributed by atoms with Crippen LogP contribution in [0.3, 0.4) is 0 Å². The van der Waals surface area contributed by atoms with Gasteiger partial charge in [-0.2, -0.15) is 0 Å². The Bertz CT molecular complexity index is 588. The SMILES string of the molecule is CCOc1ccccc1C(=O)N1CCN(C(=O)CC(CN)OC)CC1.Cl. The molecule has 1 fully saturated rings. The Hall–Kier alpha value is -1.83. The van der Waals surface area contributed by atoms with Gasteiger partial charge in [0.05, 0.1) is 24.7 Å². The minimum absolute atomic E-state index is 0. The molecule has 26 heavy (non-hydrogen) atoms. The molecule has 0 aliphatic carbocycles. The summed E-state index contributed by atoms with van der Waals surface area (Å²) in [4.78, 5) is 28.6. The van der Waals surface area contributed by atoms with Gasteiger partial charge in [0.2, 0.25) is 5.91 Å². The molecule has 0 saturated carbocycles. The van der Waals surface area contributed by atoms with Crippen LogP contribution in [-0.4, -0.2) is 74.2 Å². The molecule has 0 aromatic heterocycles. The van der Waals surface area contributed by atoms with E-state index in [9.17, 15) is 9.59 Å². The van der Waals surface area contributed by atoms with E-state index < -0.39 is 0 Å². The zero-order chi connectivity index (χ0) is 18.2. The maximum Gasteiger partial charge on any atom is 0.257 e. The monoisotopic (exact) mass is 385 g/mol. The quantitative estimate of drug-likeness (QED) is 0.761. The second-order valence-electron chi connectivity index (χ2n) is 5.90. The molecule has 1 unspecified atom stereocenters. The number of carbonyl (C=O) groups excluding carboxylic acids is 2. The molecule has 2 amide bonds. The van der Waals surface area contributed by atoms with Crippen LogP contribution in [-0.2, 0) is 9.53 Å². The third kappa shape index (κ3) is 5.59. The average molecular weight is 386 g/mol. The molecule has 0 radical (unpaired) electrons. The van der Waals surface area contributed by atoms with E-state index in [-0.39, 0.29) is 36.7 Å². The smallest absolute Gasteiger partial charge is 0.257 e. The number of carbonyl (C=O) groups is 2. The number of benzene rings is 1. The number of hydrogen-bond acceptors (Lipinski definition) is 5.